The van der Waals surface area contributed by atoms with Crippen LogP contribution >= 0.6 is 0 Å². The smallest absolute Gasteiger partial charge is 0.0845 e. The quantitative estimate of drug-likeness (QED) is 0.717. The molecule has 0 bridgehead atoms. The minimum absolute atomic E-state index is 0.223. The van der Waals surface area contributed by atoms with Crippen LogP contribution in [0, 0.1) is 0 Å². The van der Waals surface area contributed by atoms with Crippen LogP contribution in [0.25, 0.3) is 5.57 Å². The van der Waals surface area contributed by atoms with Gasteiger partial charge in [-0.25, -0.2) is 0 Å². The maximum atomic E-state index is 6.11. The Morgan fingerprint density at radius 3 is 2.61 bits per heavy atom. The van der Waals surface area contributed by atoms with Gasteiger partial charge in [0.2, 0.25) is 0 Å². The van der Waals surface area contributed by atoms with Crippen molar-refractivity contribution in [1.29, 1.82) is 0 Å². The van der Waals surface area contributed by atoms with Crippen molar-refractivity contribution in [3.63, 3.8) is 0 Å². The van der Waals surface area contributed by atoms with Crippen LogP contribution < -0.4 is 11.1 Å². The molecule has 0 saturated carbocycles. The molecule has 0 aliphatic carbocycles. The minimum Gasteiger partial charge on any atom is -0.397 e. The van der Waals surface area contributed by atoms with Crippen molar-refractivity contribution in [2.45, 2.75) is 13.0 Å². The van der Waals surface area contributed by atoms with Crippen LogP contribution in [0.1, 0.15) is 12.5 Å². The Kier molecular flexibility index (Phi) is 4.90. The van der Waals surface area contributed by atoms with Crippen molar-refractivity contribution in [2.24, 2.45) is 0 Å². The van der Waals surface area contributed by atoms with E-state index in [2.05, 4.69) is 78.5 Å². The molecule has 28 heavy (non-hydrogen) atoms. The fraction of sp³-hybridized carbons (Fsp3) is 0.120. The van der Waals surface area contributed by atoms with Crippen LogP contribution in [0.4, 0.5) is 11.4 Å². The zero-order chi connectivity index (χ0) is 19.5. The number of anilines is 2. The first-order chi connectivity index (χ1) is 13.6. The van der Waals surface area contributed by atoms with E-state index in [4.69, 9.17) is 5.73 Å². The zero-order valence-electron chi connectivity index (χ0n) is 16.1. The van der Waals surface area contributed by atoms with Gasteiger partial charge in [-0.2, -0.15) is 0 Å². The second-order valence-electron chi connectivity index (χ2n) is 7.19. The molecule has 2 aromatic carbocycles. The van der Waals surface area contributed by atoms with Gasteiger partial charge >= 0.3 is 0 Å². The summed E-state index contributed by atoms with van der Waals surface area (Å²) in [5.41, 5.74) is 13.6. The molecule has 3 N–H and O–H groups in total. The lowest BCUT2D eigenvalue weighted by Crippen LogP contribution is -2.49. The summed E-state index contributed by atoms with van der Waals surface area (Å²) in [5, 5.41) is 3.57. The minimum atomic E-state index is 0.223. The fourth-order valence-corrected chi connectivity index (χ4v) is 3.47. The molecule has 0 amide bonds. The third-order valence-electron chi connectivity index (χ3n) is 5.20. The summed E-state index contributed by atoms with van der Waals surface area (Å²) in [7, 11) is 0. The van der Waals surface area contributed by atoms with E-state index in [9.17, 15) is 0 Å². The summed E-state index contributed by atoms with van der Waals surface area (Å²) in [6.07, 6.45) is 10.7. The van der Waals surface area contributed by atoms with Crippen LogP contribution in [0.5, 0.6) is 0 Å². The molecule has 0 spiro atoms. The Labute approximate surface area is 166 Å². The summed E-state index contributed by atoms with van der Waals surface area (Å²) in [4.78, 5) is 2.29. The number of allylic oxidation sites excluding steroid dienone is 7. The average molecular weight is 367 g/mol. The number of nitrogens with one attached hydrogen (secondary N) is 1. The van der Waals surface area contributed by atoms with Crippen LogP contribution in [0.3, 0.4) is 0 Å². The third-order valence-corrected chi connectivity index (χ3v) is 5.20. The highest BCUT2D eigenvalue weighted by Gasteiger charge is 2.31. The second kappa shape index (κ2) is 7.65. The van der Waals surface area contributed by atoms with Gasteiger partial charge in [-0.3, -0.25) is 0 Å². The molecule has 1 unspecified atom stereocenters. The molecule has 2 aliphatic heterocycles. The predicted octanol–water partition coefficient (Wildman–Crippen LogP) is 5.36. The van der Waals surface area contributed by atoms with Gasteiger partial charge in [0.05, 0.1) is 17.4 Å². The summed E-state index contributed by atoms with van der Waals surface area (Å²) < 4.78 is 0. The predicted molar refractivity (Wildman–Crippen MR) is 120 cm³/mol. The number of fused-ring (bicyclic) bond motifs is 1. The number of rotatable bonds is 3. The largest absolute Gasteiger partial charge is 0.397 e. The van der Waals surface area contributed by atoms with Gasteiger partial charge in [-0.05, 0) is 53.5 Å². The highest BCUT2D eigenvalue weighted by Crippen LogP contribution is 2.32. The van der Waals surface area contributed by atoms with E-state index in [0.717, 1.165) is 29.1 Å². The van der Waals surface area contributed by atoms with Gasteiger partial charge < -0.3 is 16.0 Å². The van der Waals surface area contributed by atoms with Crippen LogP contribution in [-0.4, -0.2) is 17.5 Å². The van der Waals surface area contributed by atoms with Crippen LogP contribution in [-0.2, 0) is 0 Å². The van der Waals surface area contributed by atoms with Gasteiger partial charge in [-0.15, -0.1) is 0 Å². The Bertz CT molecular complexity index is 1010. The maximum Gasteiger partial charge on any atom is 0.0845 e. The zero-order valence-corrected chi connectivity index (χ0v) is 16.1. The topological polar surface area (TPSA) is 41.3 Å². The second-order valence-corrected chi connectivity index (χ2v) is 7.19. The number of nitrogen functional groups attached to an aromatic ring is 1. The molecule has 3 heteroatoms. The fourth-order valence-electron chi connectivity index (χ4n) is 3.47. The first kappa shape index (κ1) is 17.9. The van der Waals surface area contributed by atoms with Crippen molar-refractivity contribution in [1.82, 2.24) is 4.90 Å². The molecule has 0 aromatic heterocycles. The Balaban J connectivity index is 1.67. The summed E-state index contributed by atoms with van der Waals surface area (Å²) in [5.74, 6) is 0. The highest BCUT2D eigenvalue weighted by molar-refractivity contribution is 5.76. The molecule has 1 saturated heterocycles. The summed E-state index contributed by atoms with van der Waals surface area (Å²) >= 11 is 0. The monoisotopic (exact) mass is 367 g/mol. The van der Waals surface area contributed by atoms with Crippen molar-refractivity contribution in [3.8, 4) is 0 Å². The Morgan fingerprint density at radius 1 is 1.07 bits per heavy atom. The molecule has 4 rings (SSSR count). The summed E-state index contributed by atoms with van der Waals surface area (Å²) in [6, 6.07) is 18.6. The summed E-state index contributed by atoms with van der Waals surface area (Å²) in [6.45, 7) is 7.19. The van der Waals surface area contributed by atoms with Gasteiger partial charge in [0.1, 0.15) is 0 Å². The molecular weight excluding hydrogens is 342 g/mol. The Morgan fingerprint density at radius 2 is 1.82 bits per heavy atom. The third kappa shape index (κ3) is 3.65. The molecule has 1 fully saturated rings. The SMILES string of the molecule is C=C1/C=C\C=C2\C(Nc3ccccc3N)CN2/C=C(c2ccccc2)\C=C\1C. The Hall–Kier alpha value is -3.46. The van der Waals surface area contributed by atoms with E-state index >= 15 is 0 Å². The van der Waals surface area contributed by atoms with Gasteiger partial charge in [0.25, 0.3) is 0 Å². The number of benzene rings is 2. The van der Waals surface area contributed by atoms with E-state index in [-0.39, 0.29) is 6.04 Å². The molecule has 2 aromatic rings. The standard InChI is InChI=1S/C25H25N3/c1-18-9-8-14-25-24(27-23-13-7-6-12-22(23)26)17-28(25)16-21(15-19(18)2)20-10-4-3-5-11-20/h3-16,24,27H,1,17,26H2,2H3/b9-8-,19-15+,21-16+,25-14-. The van der Waals surface area contributed by atoms with Crippen molar-refractivity contribution >= 4 is 16.9 Å². The number of nitrogens with zero attached hydrogens (tertiary/aromatic N) is 1. The number of hydrogen-bond donors (Lipinski definition) is 2. The van der Waals surface area contributed by atoms with Crippen molar-refractivity contribution in [3.05, 3.63) is 114 Å². The normalized spacial score (nSPS) is 25.8. The molecule has 0 radical (unpaired) electrons. The van der Waals surface area contributed by atoms with Crippen molar-refractivity contribution in [2.75, 3.05) is 17.6 Å². The first-order valence-corrected chi connectivity index (χ1v) is 9.52. The first-order valence-electron chi connectivity index (χ1n) is 9.52. The van der Waals surface area contributed by atoms with Crippen LogP contribution in [0.15, 0.2) is 109 Å². The van der Waals surface area contributed by atoms with Crippen molar-refractivity contribution < 1.29 is 0 Å². The number of hydrogen-bond acceptors (Lipinski definition) is 3. The van der Waals surface area contributed by atoms with Gasteiger partial charge in [0, 0.05) is 18.4 Å². The van der Waals surface area contributed by atoms with E-state index in [1.807, 2.05) is 30.3 Å². The van der Waals surface area contributed by atoms with Crippen LogP contribution in [0.2, 0.25) is 0 Å². The van der Waals surface area contributed by atoms with E-state index in [0.29, 0.717) is 0 Å². The molecule has 2 aliphatic rings. The average Bonchev–Trinajstić information content (AvgIpc) is 2.70. The lowest BCUT2D eigenvalue weighted by molar-refractivity contribution is 0.324. The molecule has 2 heterocycles. The van der Waals surface area contributed by atoms with E-state index in [1.165, 1.54) is 16.8 Å². The number of nitrogens with two attached hydrogens (primary N) is 1. The van der Waals surface area contributed by atoms with Gasteiger partial charge in [-0.1, -0.05) is 61.2 Å². The van der Waals surface area contributed by atoms with E-state index in [1.54, 1.807) is 0 Å². The highest BCUT2D eigenvalue weighted by atomic mass is 15.3. The van der Waals surface area contributed by atoms with E-state index < -0.39 is 0 Å². The molecular formula is C25H25N3. The maximum absolute atomic E-state index is 6.11. The molecule has 1 atom stereocenters. The molecule has 140 valence electrons. The lowest BCUT2D eigenvalue weighted by atomic mass is 9.96. The molecule has 3 nitrogen and oxygen atoms in total. The number of para-hydroxylation sites is 2. The van der Waals surface area contributed by atoms with Gasteiger partial charge in [0.15, 0.2) is 0 Å². The lowest BCUT2D eigenvalue weighted by Gasteiger charge is -2.43.